The molecular weight excluding hydrogens is 340 g/mol. The molecule has 4 rings (SSSR count). The Labute approximate surface area is 158 Å². The number of nitrogens with zero attached hydrogens (tertiary/aromatic N) is 3. The molecule has 2 heterocycles. The first-order chi connectivity index (χ1) is 13.3. The Morgan fingerprint density at radius 3 is 2.37 bits per heavy atom. The predicted octanol–water partition coefficient (Wildman–Crippen LogP) is 3.08. The Bertz CT molecular complexity index is 887. The third-order valence-corrected chi connectivity index (χ3v) is 4.59. The molecule has 0 bridgehead atoms. The molecule has 27 heavy (non-hydrogen) atoms. The zero-order valence-electron chi connectivity index (χ0n) is 15.0. The molecule has 1 aliphatic heterocycles. The van der Waals surface area contributed by atoms with E-state index in [0.29, 0.717) is 32.8 Å². The van der Waals surface area contributed by atoms with E-state index in [9.17, 15) is 4.79 Å². The molecule has 0 unspecified atom stereocenters. The summed E-state index contributed by atoms with van der Waals surface area (Å²) in [5.74, 6) is 0. The second-order valence-electron chi connectivity index (χ2n) is 6.41. The van der Waals surface area contributed by atoms with Gasteiger partial charge in [0.05, 0.1) is 24.6 Å². The number of urea groups is 1. The van der Waals surface area contributed by atoms with Crippen LogP contribution in [0.4, 0.5) is 4.79 Å². The monoisotopic (exact) mass is 362 g/mol. The lowest BCUT2D eigenvalue weighted by molar-refractivity contribution is 0.0531. The van der Waals surface area contributed by atoms with Gasteiger partial charge in [0.1, 0.15) is 0 Å². The van der Waals surface area contributed by atoms with E-state index in [4.69, 9.17) is 9.84 Å². The highest BCUT2D eigenvalue weighted by molar-refractivity contribution is 5.74. The Morgan fingerprint density at radius 2 is 1.67 bits per heavy atom. The molecule has 6 nitrogen and oxygen atoms in total. The van der Waals surface area contributed by atoms with Gasteiger partial charge in [-0.3, -0.25) is 0 Å². The van der Waals surface area contributed by atoms with Crippen LogP contribution in [0.15, 0.2) is 66.9 Å². The van der Waals surface area contributed by atoms with Gasteiger partial charge in [0, 0.05) is 37.0 Å². The lowest BCUT2D eigenvalue weighted by Crippen LogP contribution is -2.45. The first kappa shape index (κ1) is 17.3. The Morgan fingerprint density at radius 1 is 1.00 bits per heavy atom. The van der Waals surface area contributed by atoms with Crippen LogP contribution in [-0.2, 0) is 11.3 Å². The normalized spacial score (nSPS) is 14.1. The minimum Gasteiger partial charge on any atom is -0.378 e. The molecule has 0 spiro atoms. The van der Waals surface area contributed by atoms with Crippen molar-refractivity contribution in [1.29, 1.82) is 0 Å². The fraction of sp³-hybridized carbons (Fsp3) is 0.238. The number of carbonyl (C=O) groups is 1. The third-order valence-electron chi connectivity index (χ3n) is 4.59. The summed E-state index contributed by atoms with van der Waals surface area (Å²) in [4.78, 5) is 14.2. The molecular formula is C21H22N4O2. The summed E-state index contributed by atoms with van der Waals surface area (Å²) in [6, 6.07) is 19.9. The molecule has 6 heteroatoms. The minimum absolute atomic E-state index is 0.0650. The van der Waals surface area contributed by atoms with Crippen LogP contribution >= 0.6 is 0 Å². The van der Waals surface area contributed by atoms with Gasteiger partial charge < -0.3 is 15.0 Å². The zero-order chi connectivity index (χ0) is 18.5. The summed E-state index contributed by atoms with van der Waals surface area (Å²) in [6.07, 6.45) is 1.98. The molecule has 138 valence electrons. The average Bonchev–Trinajstić information content (AvgIpc) is 3.18. The number of aromatic nitrogens is 2. The van der Waals surface area contributed by atoms with E-state index in [0.717, 1.165) is 22.5 Å². The molecule has 1 aliphatic rings. The minimum atomic E-state index is -0.0650. The summed E-state index contributed by atoms with van der Waals surface area (Å²) in [6.45, 7) is 2.86. The quantitative estimate of drug-likeness (QED) is 0.776. The van der Waals surface area contributed by atoms with Gasteiger partial charge in [0.2, 0.25) is 0 Å². The predicted molar refractivity (Wildman–Crippen MR) is 104 cm³/mol. The molecule has 2 amide bonds. The van der Waals surface area contributed by atoms with Gasteiger partial charge in [-0.15, -0.1) is 0 Å². The van der Waals surface area contributed by atoms with Crippen molar-refractivity contribution in [2.45, 2.75) is 6.54 Å². The van der Waals surface area contributed by atoms with Crippen LogP contribution in [0.25, 0.3) is 16.9 Å². The van der Waals surface area contributed by atoms with Crippen LogP contribution < -0.4 is 5.32 Å². The molecule has 0 saturated carbocycles. The van der Waals surface area contributed by atoms with Gasteiger partial charge in [-0.25, -0.2) is 9.48 Å². The fourth-order valence-corrected chi connectivity index (χ4v) is 3.14. The maximum Gasteiger partial charge on any atom is 0.317 e. The standard InChI is InChI=1S/C21H22N4O2/c26-21(24-11-13-27-14-12-24)22-15-18-16-25(19-9-5-2-6-10-19)23-20(18)17-7-3-1-4-8-17/h1-10,16H,11-15H2,(H,22,26). The number of para-hydroxylation sites is 1. The highest BCUT2D eigenvalue weighted by Crippen LogP contribution is 2.23. The van der Waals surface area contributed by atoms with Gasteiger partial charge in [0.15, 0.2) is 0 Å². The summed E-state index contributed by atoms with van der Waals surface area (Å²) >= 11 is 0. The summed E-state index contributed by atoms with van der Waals surface area (Å²) < 4.78 is 7.17. The number of hydrogen-bond donors (Lipinski definition) is 1. The van der Waals surface area contributed by atoms with E-state index in [1.54, 1.807) is 4.90 Å². The van der Waals surface area contributed by atoms with Crippen LogP contribution in [0.1, 0.15) is 5.56 Å². The number of benzene rings is 2. The van der Waals surface area contributed by atoms with E-state index < -0.39 is 0 Å². The highest BCUT2D eigenvalue weighted by atomic mass is 16.5. The number of nitrogens with one attached hydrogen (secondary N) is 1. The van der Waals surface area contributed by atoms with Crippen LogP contribution in [0, 0.1) is 0 Å². The first-order valence-corrected chi connectivity index (χ1v) is 9.11. The highest BCUT2D eigenvalue weighted by Gasteiger charge is 2.18. The smallest absolute Gasteiger partial charge is 0.317 e. The molecule has 3 aromatic rings. The van der Waals surface area contributed by atoms with Crippen LogP contribution in [0.5, 0.6) is 0 Å². The summed E-state index contributed by atoms with van der Waals surface area (Å²) in [5, 5.41) is 7.79. The first-order valence-electron chi connectivity index (χ1n) is 9.11. The summed E-state index contributed by atoms with van der Waals surface area (Å²) in [5.41, 5.74) is 3.87. The van der Waals surface area contributed by atoms with E-state index in [-0.39, 0.29) is 6.03 Å². The van der Waals surface area contributed by atoms with Gasteiger partial charge in [-0.1, -0.05) is 48.5 Å². The lowest BCUT2D eigenvalue weighted by Gasteiger charge is -2.26. The maximum atomic E-state index is 12.4. The molecule has 0 radical (unpaired) electrons. The summed E-state index contributed by atoms with van der Waals surface area (Å²) in [7, 11) is 0. The molecule has 1 N–H and O–H groups in total. The van der Waals surface area contributed by atoms with E-state index >= 15 is 0 Å². The van der Waals surface area contributed by atoms with Gasteiger partial charge in [-0.05, 0) is 12.1 Å². The number of ether oxygens (including phenoxy) is 1. The van der Waals surface area contributed by atoms with Crippen molar-refractivity contribution in [3.8, 4) is 16.9 Å². The zero-order valence-corrected chi connectivity index (χ0v) is 15.0. The third kappa shape index (κ3) is 4.01. The number of carbonyl (C=O) groups excluding carboxylic acids is 1. The number of amides is 2. The second kappa shape index (κ2) is 8.05. The lowest BCUT2D eigenvalue weighted by atomic mass is 10.1. The Balaban J connectivity index is 1.58. The number of rotatable bonds is 4. The topological polar surface area (TPSA) is 59.4 Å². The van der Waals surface area contributed by atoms with E-state index in [1.165, 1.54) is 0 Å². The molecule has 2 aromatic carbocycles. The van der Waals surface area contributed by atoms with Crippen molar-refractivity contribution in [2.75, 3.05) is 26.3 Å². The van der Waals surface area contributed by atoms with Crippen molar-refractivity contribution in [3.05, 3.63) is 72.4 Å². The van der Waals surface area contributed by atoms with Crippen molar-refractivity contribution >= 4 is 6.03 Å². The maximum absolute atomic E-state index is 12.4. The molecule has 1 fully saturated rings. The van der Waals surface area contributed by atoms with Gasteiger partial charge in [0.25, 0.3) is 0 Å². The van der Waals surface area contributed by atoms with Gasteiger partial charge in [-0.2, -0.15) is 5.10 Å². The Hall–Kier alpha value is -3.12. The van der Waals surface area contributed by atoms with Crippen molar-refractivity contribution in [1.82, 2.24) is 20.0 Å². The average molecular weight is 362 g/mol. The van der Waals surface area contributed by atoms with Crippen LogP contribution in [0.3, 0.4) is 0 Å². The largest absolute Gasteiger partial charge is 0.378 e. The second-order valence-corrected chi connectivity index (χ2v) is 6.41. The number of morpholine rings is 1. The fourth-order valence-electron chi connectivity index (χ4n) is 3.14. The van der Waals surface area contributed by atoms with Crippen molar-refractivity contribution in [2.24, 2.45) is 0 Å². The Kier molecular flexibility index (Phi) is 5.16. The molecule has 1 aromatic heterocycles. The molecule has 0 aliphatic carbocycles. The number of hydrogen-bond acceptors (Lipinski definition) is 3. The van der Waals surface area contributed by atoms with Crippen LogP contribution in [-0.4, -0.2) is 47.0 Å². The van der Waals surface area contributed by atoms with E-state index in [2.05, 4.69) is 5.32 Å². The van der Waals surface area contributed by atoms with Gasteiger partial charge >= 0.3 is 6.03 Å². The van der Waals surface area contributed by atoms with Crippen LogP contribution in [0.2, 0.25) is 0 Å². The SMILES string of the molecule is O=C(NCc1cn(-c2ccccc2)nc1-c1ccccc1)N1CCOCC1. The van der Waals surface area contributed by atoms with Crippen molar-refractivity contribution < 1.29 is 9.53 Å². The molecule has 0 atom stereocenters. The van der Waals surface area contributed by atoms with Crippen molar-refractivity contribution in [3.63, 3.8) is 0 Å². The molecule has 1 saturated heterocycles. The van der Waals surface area contributed by atoms with E-state index in [1.807, 2.05) is 71.5 Å².